The Morgan fingerprint density at radius 2 is 2.10 bits per heavy atom. The van der Waals surface area contributed by atoms with Crippen LogP contribution in [0.15, 0.2) is 0 Å². The molecule has 0 saturated carbocycles. The van der Waals surface area contributed by atoms with Crippen LogP contribution in [0.25, 0.3) is 0 Å². The lowest BCUT2D eigenvalue weighted by Crippen LogP contribution is -2.35. The summed E-state index contributed by atoms with van der Waals surface area (Å²) in [7, 11) is 1.41. The number of hydrogen-bond acceptors (Lipinski definition) is 2. The zero-order chi connectivity index (χ0) is 7.40. The molecule has 1 aliphatic heterocycles. The van der Waals surface area contributed by atoms with Crippen LogP contribution in [0.5, 0.6) is 0 Å². The molecular formula is C7H11NO2. The highest BCUT2D eigenvalue weighted by Gasteiger charge is 2.15. The molecule has 0 bridgehead atoms. The topological polar surface area (TPSA) is 29.5 Å². The van der Waals surface area contributed by atoms with Gasteiger partial charge in [0.25, 0.3) is 0 Å². The summed E-state index contributed by atoms with van der Waals surface area (Å²) in [6.45, 7) is 1.51. The molecule has 10 heavy (non-hydrogen) atoms. The fourth-order valence-corrected chi connectivity index (χ4v) is 0.977. The average molecular weight is 141 g/mol. The van der Waals surface area contributed by atoms with Crippen molar-refractivity contribution in [3.8, 4) is 0 Å². The maximum atomic E-state index is 10.8. The quantitative estimate of drug-likeness (QED) is 0.502. The monoisotopic (exact) mass is 141 g/mol. The summed E-state index contributed by atoms with van der Waals surface area (Å²) in [5.41, 5.74) is 0. The van der Waals surface area contributed by atoms with Gasteiger partial charge in [-0.15, -0.1) is 0 Å². The van der Waals surface area contributed by atoms with Crippen molar-refractivity contribution >= 4 is 6.09 Å². The first-order chi connectivity index (χ1) is 4.84. The van der Waals surface area contributed by atoms with Gasteiger partial charge >= 0.3 is 6.09 Å². The molecule has 0 unspecified atom stereocenters. The maximum absolute atomic E-state index is 10.8. The van der Waals surface area contributed by atoms with Crippen LogP contribution in [-0.2, 0) is 4.74 Å². The van der Waals surface area contributed by atoms with Gasteiger partial charge in [0.05, 0.1) is 7.11 Å². The number of carbonyl (C=O) groups excluding carboxylic acids is 1. The van der Waals surface area contributed by atoms with Crippen LogP contribution in [0.3, 0.4) is 0 Å². The fraction of sp³-hybridized carbons (Fsp3) is 0.714. The van der Waals surface area contributed by atoms with Crippen molar-refractivity contribution < 1.29 is 9.53 Å². The van der Waals surface area contributed by atoms with E-state index in [2.05, 4.69) is 11.2 Å². The normalized spacial score (nSPS) is 18.7. The Morgan fingerprint density at radius 1 is 1.50 bits per heavy atom. The lowest BCUT2D eigenvalue weighted by molar-refractivity contribution is 0.120. The molecule has 1 rings (SSSR count). The molecule has 0 aromatic heterocycles. The molecule has 2 radical (unpaired) electrons. The Bertz CT molecular complexity index is 119. The van der Waals surface area contributed by atoms with Gasteiger partial charge in [0.1, 0.15) is 0 Å². The predicted octanol–water partition coefficient (Wildman–Crippen LogP) is 0.930. The van der Waals surface area contributed by atoms with E-state index in [0.717, 1.165) is 25.9 Å². The summed E-state index contributed by atoms with van der Waals surface area (Å²) in [5.74, 6) is 0. The van der Waals surface area contributed by atoms with Crippen molar-refractivity contribution in [1.82, 2.24) is 4.90 Å². The van der Waals surface area contributed by atoms with Crippen molar-refractivity contribution in [2.45, 2.75) is 12.8 Å². The molecule has 0 spiro atoms. The van der Waals surface area contributed by atoms with Gasteiger partial charge < -0.3 is 9.64 Å². The van der Waals surface area contributed by atoms with Crippen molar-refractivity contribution in [1.29, 1.82) is 0 Å². The summed E-state index contributed by atoms with van der Waals surface area (Å²) in [6.07, 6.45) is 4.66. The second-order valence-corrected chi connectivity index (χ2v) is 2.21. The lowest BCUT2D eigenvalue weighted by Gasteiger charge is -2.24. The van der Waals surface area contributed by atoms with E-state index in [9.17, 15) is 4.79 Å². The molecular weight excluding hydrogens is 130 g/mol. The highest BCUT2D eigenvalue weighted by Crippen LogP contribution is 2.07. The van der Waals surface area contributed by atoms with Crippen LogP contribution in [0.1, 0.15) is 12.8 Å². The van der Waals surface area contributed by atoms with E-state index in [1.807, 2.05) is 0 Å². The average Bonchev–Trinajstić information content (AvgIpc) is 2.05. The number of carbonyl (C=O) groups is 1. The Kier molecular flexibility index (Phi) is 2.54. The highest BCUT2D eigenvalue weighted by molar-refractivity contribution is 5.67. The molecule has 1 fully saturated rings. The van der Waals surface area contributed by atoms with E-state index < -0.39 is 0 Å². The van der Waals surface area contributed by atoms with Crippen LogP contribution in [0, 0.1) is 6.42 Å². The third kappa shape index (κ3) is 1.62. The molecule has 1 saturated heterocycles. The molecule has 56 valence electrons. The molecule has 3 nitrogen and oxygen atoms in total. The summed E-state index contributed by atoms with van der Waals surface area (Å²) >= 11 is 0. The Balaban J connectivity index is 2.31. The fourth-order valence-electron chi connectivity index (χ4n) is 0.977. The second-order valence-electron chi connectivity index (χ2n) is 2.21. The molecule has 0 N–H and O–H groups in total. The summed E-state index contributed by atoms with van der Waals surface area (Å²) in [6, 6.07) is 0. The molecule has 3 heteroatoms. The van der Waals surface area contributed by atoms with Gasteiger partial charge in [-0.3, -0.25) is 0 Å². The maximum Gasteiger partial charge on any atom is 0.409 e. The van der Waals surface area contributed by atoms with E-state index >= 15 is 0 Å². The minimum Gasteiger partial charge on any atom is -0.453 e. The number of piperidine rings is 1. The smallest absolute Gasteiger partial charge is 0.409 e. The van der Waals surface area contributed by atoms with Gasteiger partial charge in [-0.1, -0.05) is 0 Å². The molecule has 1 heterocycles. The number of hydrogen-bond donors (Lipinski definition) is 0. The van der Waals surface area contributed by atoms with Crippen molar-refractivity contribution in [3.05, 3.63) is 6.42 Å². The number of amides is 1. The van der Waals surface area contributed by atoms with Crippen LogP contribution < -0.4 is 0 Å². The third-order valence-electron chi connectivity index (χ3n) is 1.55. The largest absolute Gasteiger partial charge is 0.453 e. The molecule has 1 aliphatic rings. The first-order valence-corrected chi connectivity index (χ1v) is 3.38. The van der Waals surface area contributed by atoms with Gasteiger partial charge in [0, 0.05) is 13.1 Å². The summed E-state index contributed by atoms with van der Waals surface area (Å²) in [5, 5.41) is 0. The minimum atomic E-state index is -0.221. The van der Waals surface area contributed by atoms with E-state index in [-0.39, 0.29) is 6.09 Å². The van der Waals surface area contributed by atoms with E-state index in [1.165, 1.54) is 7.11 Å². The van der Waals surface area contributed by atoms with E-state index in [4.69, 9.17) is 0 Å². The van der Waals surface area contributed by atoms with Crippen LogP contribution in [0.4, 0.5) is 4.79 Å². The van der Waals surface area contributed by atoms with Crippen molar-refractivity contribution in [2.24, 2.45) is 0 Å². The molecule has 0 aliphatic carbocycles. The minimum absolute atomic E-state index is 0.221. The first kappa shape index (κ1) is 7.38. The SMILES string of the molecule is COC(=O)N1CC[C]CC1. The van der Waals surface area contributed by atoms with E-state index in [1.54, 1.807) is 4.90 Å². The van der Waals surface area contributed by atoms with E-state index in [0.29, 0.717) is 0 Å². The lowest BCUT2D eigenvalue weighted by atomic mass is 10.1. The zero-order valence-corrected chi connectivity index (χ0v) is 6.09. The second kappa shape index (κ2) is 3.44. The number of likely N-dealkylation sites (tertiary alicyclic amines) is 1. The molecule has 0 aromatic carbocycles. The third-order valence-corrected chi connectivity index (χ3v) is 1.55. The summed E-state index contributed by atoms with van der Waals surface area (Å²) < 4.78 is 4.55. The van der Waals surface area contributed by atoms with Crippen LogP contribution in [-0.4, -0.2) is 31.2 Å². The van der Waals surface area contributed by atoms with Crippen molar-refractivity contribution in [2.75, 3.05) is 20.2 Å². The first-order valence-electron chi connectivity index (χ1n) is 3.38. The van der Waals surface area contributed by atoms with Crippen LogP contribution >= 0.6 is 0 Å². The zero-order valence-electron chi connectivity index (χ0n) is 6.09. The van der Waals surface area contributed by atoms with Gasteiger partial charge in [-0.2, -0.15) is 0 Å². The van der Waals surface area contributed by atoms with Gasteiger partial charge in [-0.05, 0) is 19.3 Å². The number of nitrogens with zero attached hydrogens (tertiary/aromatic N) is 1. The Labute approximate surface area is 61.0 Å². The number of rotatable bonds is 0. The predicted molar refractivity (Wildman–Crippen MR) is 36.5 cm³/mol. The highest BCUT2D eigenvalue weighted by atomic mass is 16.5. The van der Waals surface area contributed by atoms with Crippen molar-refractivity contribution in [3.63, 3.8) is 0 Å². The van der Waals surface area contributed by atoms with Gasteiger partial charge in [0.2, 0.25) is 0 Å². The summed E-state index contributed by atoms with van der Waals surface area (Å²) in [4.78, 5) is 12.5. The Morgan fingerprint density at radius 3 is 2.60 bits per heavy atom. The van der Waals surface area contributed by atoms with Gasteiger partial charge in [-0.25, -0.2) is 4.79 Å². The standard InChI is InChI=1S/C7H11NO2/c1-10-7(9)8-5-3-2-4-6-8/h3-6H2,1H3. The van der Waals surface area contributed by atoms with Gasteiger partial charge in [0.15, 0.2) is 0 Å². The molecule has 0 atom stereocenters. The molecule has 1 amide bonds. The molecule has 0 aromatic rings. The Hall–Kier alpha value is -0.730. The van der Waals surface area contributed by atoms with Crippen LogP contribution in [0.2, 0.25) is 0 Å². The number of ether oxygens (including phenoxy) is 1. The number of methoxy groups -OCH3 is 1.